The Morgan fingerprint density at radius 2 is 1.95 bits per heavy atom. The van der Waals surface area contributed by atoms with Crippen molar-refractivity contribution in [3.63, 3.8) is 0 Å². The molecule has 0 radical (unpaired) electrons. The Hall–Kier alpha value is -1.67. The topological polar surface area (TPSA) is 115 Å². The van der Waals surface area contributed by atoms with Crippen LogP contribution in [0.4, 0.5) is 10.1 Å². The Morgan fingerprint density at radius 1 is 1.33 bits per heavy atom. The van der Waals surface area contributed by atoms with Gasteiger partial charge in [0.1, 0.15) is 5.82 Å². The standard InChI is InChI=1S/C13H20FN3O3S/c1-8-7-10(14)12(16)9(2)13(8)21(19,20)17-6-4-3-5-11(15)18/h7,17H,3-6,16H2,1-2H3,(H2,15,18). The van der Waals surface area contributed by atoms with E-state index in [0.29, 0.717) is 18.4 Å². The summed E-state index contributed by atoms with van der Waals surface area (Å²) in [6.07, 6.45) is 1.20. The Bertz CT molecular complexity index is 645. The van der Waals surface area contributed by atoms with Crippen LogP contribution in [0.2, 0.25) is 0 Å². The number of anilines is 1. The van der Waals surface area contributed by atoms with Gasteiger partial charge < -0.3 is 11.5 Å². The van der Waals surface area contributed by atoms with Crippen molar-refractivity contribution in [2.45, 2.75) is 38.0 Å². The third-order valence-electron chi connectivity index (χ3n) is 3.11. The predicted octanol–water partition coefficient (Wildman–Crippen LogP) is 0.959. The summed E-state index contributed by atoms with van der Waals surface area (Å²) in [7, 11) is -3.77. The number of nitrogens with two attached hydrogens (primary N) is 2. The zero-order valence-electron chi connectivity index (χ0n) is 12.1. The van der Waals surface area contributed by atoms with Crippen molar-refractivity contribution in [3.05, 3.63) is 23.0 Å². The summed E-state index contributed by atoms with van der Waals surface area (Å²) in [5, 5.41) is 0. The summed E-state index contributed by atoms with van der Waals surface area (Å²) in [5.74, 6) is -1.05. The van der Waals surface area contributed by atoms with Gasteiger partial charge >= 0.3 is 0 Å². The molecule has 0 aromatic heterocycles. The van der Waals surface area contributed by atoms with Gasteiger partial charge in [0.05, 0.1) is 10.6 Å². The molecule has 1 aromatic rings. The van der Waals surface area contributed by atoms with Crippen molar-refractivity contribution < 1.29 is 17.6 Å². The van der Waals surface area contributed by atoms with Crippen molar-refractivity contribution in [3.8, 4) is 0 Å². The Balaban J connectivity index is 2.85. The minimum atomic E-state index is -3.77. The first-order valence-electron chi connectivity index (χ1n) is 6.50. The van der Waals surface area contributed by atoms with Crippen LogP contribution in [0.3, 0.4) is 0 Å². The molecule has 0 fully saturated rings. The molecule has 21 heavy (non-hydrogen) atoms. The van der Waals surface area contributed by atoms with Gasteiger partial charge in [-0.1, -0.05) is 0 Å². The number of amides is 1. The minimum Gasteiger partial charge on any atom is -0.396 e. The molecule has 1 rings (SSSR count). The third-order valence-corrected chi connectivity index (χ3v) is 4.86. The Kier molecular flexibility index (Phi) is 5.68. The fourth-order valence-electron chi connectivity index (χ4n) is 2.05. The number of primary amides is 1. The van der Waals surface area contributed by atoms with E-state index in [0.717, 1.165) is 6.07 Å². The number of nitrogen functional groups attached to an aromatic ring is 1. The third kappa shape index (κ3) is 4.40. The quantitative estimate of drug-likeness (QED) is 0.513. The maximum Gasteiger partial charge on any atom is 0.241 e. The molecule has 8 heteroatoms. The Labute approximate surface area is 123 Å². The second kappa shape index (κ2) is 6.86. The molecule has 1 amide bonds. The van der Waals surface area contributed by atoms with Gasteiger partial charge in [0.2, 0.25) is 15.9 Å². The second-order valence-electron chi connectivity index (χ2n) is 4.86. The molecule has 0 unspecified atom stereocenters. The fourth-order valence-corrected chi connectivity index (χ4v) is 3.60. The van der Waals surface area contributed by atoms with Gasteiger partial charge in [-0.3, -0.25) is 4.79 Å². The number of aryl methyl sites for hydroxylation is 1. The summed E-state index contributed by atoms with van der Waals surface area (Å²) in [6.45, 7) is 3.15. The Morgan fingerprint density at radius 3 is 2.52 bits per heavy atom. The highest BCUT2D eigenvalue weighted by molar-refractivity contribution is 7.89. The average molecular weight is 317 g/mol. The summed E-state index contributed by atoms with van der Waals surface area (Å²) >= 11 is 0. The lowest BCUT2D eigenvalue weighted by Crippen LogP contribution is -2.27. The van der Waals surface area contributed by atoms with Crippen LogP contribution >= 0.6 is 0 Å². The molecule has 0 atom stereocenters. The molecule has 0 saturated heterocycles. The van der Waals surface area contributed by atoms with Crippen LogP contribution in [0.25, 0.3) is 0 Å². The molecule has 5 N–H and O–H groups in total. The molecule has 6 nitrogen and oxygen atoms in total. The molecule has 0 aliphatic rings. The normalized spacial score (nSPS) is 11.6. The van der Waals surface area contributed by atoms with Crippen molar-refractivity contribution in [1.29, 1.82) is 0 Å². The molecular weight excluding hydrogens is 297 g/mol. The number of hydrogen-bond acceptors (Lipinski definition) is 4. The lowest BCUT2D eigenvalue weighted by Gasteiger charge is -2.14. The predicted molar refractivity (Wildman–Crippen MR) is 78.5 cm³/mol. The van der Waals surface area contributed by atoms with E-state index in [1.54, 1.807) is 0 Å². The lowest BCUT2D eigenvalue weighted by atomic mass is 10.1. The van der Waals surface area contributed by atoms with Crippen LogP contribution in [-0.2, 0) is 14.8 Å². The van der Waals surface area contributed by atoms with Crippen molar-refractivity contribution in [1.82, 2.24) is 4.72 Å². The van der Waals surface area contributed by atoms with Crippen molar-refractivity contribution in [2.75, 3.05) is 12.3 Å². The maximum atomic E-state index is 13.5. The van der Waals surface area contributed by atoms with Gasteiger partial charge in [-0.05, 0) is 43.9 Å². The fraction of sp³-hybridized carbons (Fsp3) is 0.462. The first kappa shape index (κ1) is 17.4. The first-order chi connectivity index (χ1) is 9.66. The van der Waals surface area contributed by atoms with Crippen LogP contribution in [0, 0.1) is 19.7 Å². The summed E-state index contributed by atoms with van der Waals surface area (Å²) in [5.41, 5.74) is 10.8. The van der Waals surface area contributed by atoms with E-state index in [1.165, 1.54) is 13.8 Å². The summed E-state index contributed by atoms with van der Waals surface area (Å²) in [6, 6.07) is 1.10. The monoisotopic (exact) mass is 317 g/mol. The van der Waals surface area contributed by atoms with E-state index in [9.17, 15) is 17.6 Å². The molecule has 0 spiro atoms. The minimum absolute atomic E-state index is 0.00342. The van der Waals surface area contributed by atoms with Crippen molar-refractivity contribution in [2.24, 2.45) is 5.73 Å². The van der Waals surface area contributed by atoms with Crippen molar-refractivity contribution >= 4 is 21.6 Å². The van der Waals surface area contributed by atoms with Crippen LogP contribution in [0.15, 0.2) is 11.0 Å². The molecule has 0 saturated carbocycles. The molecule has 0 heterocycles. The molecule has 118 valence electrons. The van der Waals surface area contributed by atoms with Gasteiger partial charge in [0.15, 0.2) is 0 Å². The zero-order valence-corrected chi connectivity index (χ0v) is 12.9. The first-order valence-corrected chi connectivity index (χ1v) is 7.98. The largest absolute Gasteiger partial charge is 0.396 e. The average Bonchev–Trinajstić information content (AvgIpc) is 2.34. The lowest BCUT2D eigenvalue weighted by molar-refractivity contribution is -0.118. The number of carbonyl (C=O) groups excluding carboxylic acids is 1. The highest BCUT2D eigenvalue weighted by atomic mass is 32.2. The highest BCUT2D eigenvalue weighted by Crippen LogP contribution is 2.27. The van der Waals surface area contributed by atoms with Gasteiger partial charge in [-0.15, -0.1) is 0 Å². The van der Waals surface area contributed by atoms with E-state index in [4.69, 9.17) is 11.5 Å². The number of halogens is 1. The molecular formula is C13H20FN3O3S. The van der Waals surface area contributed by atoms with Gasteiger partial charge in [0.25, 0.3) is 0 Å². The van der Waals surface area contributed by atoms with E-state index in [1.807, 2.05) is 0 Å². The number of nitrogens with one attached hydrogen (secondary N) is 1. The van der Waals surface area contributed by atoms with E-state index in [-0.39, 0.29) is 29.1 Å². The number of benzene rings is 1. The van der Waals surface area contributed by atoms with E-state index >= 15 is 0 Å². The summed E-state index contributed by atoms with van der Waals surface area (Å²) < 4.78 is 40.4. The maximum absolute atomic E-state index is 13.5. The molecule has 1 aromatic carbocycles. The molecule has 0 bridgehead atoms. The van der Waals surface area contributed by atoms with Crippen LogP contribution < -0.4 is 16.2 Å². The highest BCUT2D eigenvalue weighted by Gasteiger charge is 2.22. The van der Waals surface area contributed by atoms with Gasteiger partial charge in [-0.2, -0.15) is 0 Å². The van der Waals surface area contributed by atoms with Gasteiger partial charge in [0, 0.05) is 13.0 Å². The number of carbonyl (C=O) groups is 1. The number of sulfonamides is 1. The smallest absolute Gasteiger partial charge is 0.241 e. The van der Waals surface area contributed by atoms with Crippen LogP contribution in [0.1, 0.15) is 30.4 Å². The van der Waals surface area contributed by atoms with Crippen LogP contribution in [-0.4, -0.2) is 20.9 Å². The molecule has 0 aliphatic carbocycles. The number of hydrogen-bond donors (Lipinski definition) is 3. The second-order valence-corrected chi connectivity index (χ2v) is 6.57. The summed E-state index contributed by atoms with van der Waals surface area (Å²) in [4.78, 5) is 10.6. The van der Waals surface area contributed by atoms with Gasteiger partial charge in [-0.25, -0.2) is 17.5 Å². The van der Waals surface area contributed by atoms with E-state index < -0.39 is 21.7 Å². The van der Waals surface area contributed by atoms with Crippen LogP contribution in [0.5, 0.6) is 0 Å². The zero-order chi connectivity index (χ0) is 16.2. The SMILES string of the molecule is Cc1cc(F)c(N)c(C)c1S(=O)(=O)NCCCCC(N)=O. The van der Waals surface area contributed by atoms with E-state index in [2.05, 4.69) is 4.72 Å². The number of unbranched alkanes of at least 4 members (excludes halogenated alkanes) is 1. The number of rotatable bonds is 7. The molecule has 0 aliphatic heterocycles.